The number of amides is 1. The molecular weight excluding hydrogens is 290 g/mol. The van der Waals surface area contributed by atoms with Gasteiger partial charge < -0.3 is 5.32 Å². The predicted molar refractivity (Wildman–Crippen MR) is 78.6 cm³/mol. The molecule has 104 valence electrons. The third-order valence-electron chi connectivity index (χ3n) is 2.78. The quantitative estimate of drug-likeness (QED) is 0.754. The van der Waals surface area contributed by atoms with Crippen LogP contribution in [0, 0.1) is 0 Å². The van der Waals surface area contributed by atoms with Crippen molar-refractivity contribution in [3.8, 4) is 5.69 Å². The molecule has 0 atom stereocenters. The monoisotopic (exact) mass is 299 g/mol. The third kappa shape index (κ3) is 2.90. The van der Waals surface area contributed by atoms with E-state index < -0.39 is 0 Å². The lowest BCUT2D eigenvalue weighted by Gasteiger charge is -2.07. The Kier molecular flexibility index (Phi) is 3.61. The maximum atomic E-state index is 12.1. The van der Waals surface area contributed by atoms with Gasteiger partial charge in [0.1, 0.15) is 5.15 Å². The van der Waals surface area contributed by atoms with Crippen LogP contribution in [0.1, 0.15) is 10.4 Å². The van der Waals surface area contributed by atoms with Gasteiger partial charge in [-0.25, -0.2) is 4.98 Å². The van der Waals surface area contributed by atoms with Gasteiger partial charge in [0.25, 0.3) is 5.91 Å². The summed E-state index contributed by atoms with van der Waals surface area (Å²) in [5.41, 5.74) is 1.78. The van der Waals surface area contributed by atoms with Gasteiger partial charge in [0.05, 0.1) is 23.6 Å². The first-order chi connectivity index (χ1) is 10.2. The molecule has 0 aliphatic rings. The van der Waals surface area contributed by atoms with Crippen LogP contribution in [0.4, 0.5) is 5.69 Å². The highest BCUT2D eigenvalue weighted by Crippen LogP contribution is 2.16. The first-order valence-electron chi connectivity index (χ1n) is 6.12. The van der Waals surface area contributed by atoms with Crippen LogP contribution in [0.2, 0.25) is 5.15 Å². The number of benzene rings is 1. The molecule has 2 heterocycles. The number of hydrogen-bond acceptors (Lipinski definition) is 4. The SMILES string of the molecule is O=C(Nc1ccc(-n2nccn2)cc1)c1cccnc1Cl. The second kappa shape index (κ2) is 5.72. The van der Waals surface area contributed by atoms with Crippen LogP contribution < -0.4 is 5.32 Å². The third-order valence-corrected chi connectivity index (χ3v) is 3.08. The number of halogens is 1. The molecule has 0 saturated carbocycles. The summed E-state index contributed by atoms with van der Waals surface area (Å²) in [6.45, 7) is 0. The number of carbonyl (C=O) groups excluding carboxylic acids is 1. The fraction of sp³-hybridized carbons (Fsp3) is 0. The second-order valence-corrected chi connectivity index (χ2v) is 4.52. The topological polar surface area (TPSA) is 72.7 Å². The highest BCUT2D eigenvalue weighted by Gasteiger charge is 2.10. The molecule has 0 unspecified atom stereocenters. The average Bonchev–Trinajstić information content (AvgIpc) is 3.02. The highest BCUT2D eigenvalue weighted by molar-refractivity contribution is 6.33. The second-order valence-electron chi connectivity index (χ2n) is 4.16. The van der Waals surface area contributed by atoms with E-state index in [1.807, 2.05) is 0 Å². The van der Waals surface area contributed by atoms with Crippen molar-refractivity contribution in [2.24, 2.45) is 0 Å². The zero-order chi connectivity index (χ0) is 14.7. The number of hydrogen-bond donors (Lipinski definition) is 1. The lowest BCUT2D eigenvalue weighted by atomic mass is 10.2. The summed E-state index contributed by atoms with van der Waals surface area (Å²) in [4.78, 5) is 17.4. The van der Waals surface area contributed by atoms with Gasteiger partial charge in [-0.05, 0) is 36.4 Å². The van der Waals surface area contributed by atoms with Crippen LogP contribution in [-0.2, 0) is 0 Å². The Balaban J connectivity index is 1.77. The Bertz CT molecular complexity index is 755. The molecular formula is C14H10ClN5O. The lowest BCUT2D eigenvalue weighted by molar-refractivity contribution is 0.102. The summed E-state index contributed by atoms with van der Waals surface area (Å²) in [5.74, 6) is -0.307. The van der Waals surface area contributed by atoms with E-state index in [2.05, 4.69) is 20.5 Å². The molecule has 0 saturated heterocycles. The van der Waals surface area contributed by atoms with Crippen molar-refractivity contribution in [3.05, 3.63) is 65.7 Å². The van der Waals surface area contributed by atoms with E-state index in [0.29, 0.717) is 11.3 Å². The molecule has 0 fully saturated rings. The van der Waals surface area contributed by atoms with Crippen LogP contribution >= 0.6 is 11.6 Å². The molecule has 0 aliphatic heterocycles. The number of nitrogens with one attached hydrogen (secondary N) is 1. The number of nitrogens with zero attached hydrogens (tertiary/aromatic N) is 4. The Labute approximate surface area is 125 Å². The van der Waals surface area contributed by atoms with Gasteiger partial charge in [-0.1, -0.05) is 11.6 Å². The fourth-order valence-electron chi connectivity index (χ4n) is 1.78. The minimum atomic E-state index is -0.307. The number of anilines is 1. The van der Waals surface area contributed by atoms with Crippen molar-refractivity contribution in [2.45, 2.75) is 0 Å². The zero-order valence-electron chi connectivity index (χ0n) is 10.8. The van der Waals surface area contributed by atoms with Gasteiger partial charge >= 0.3 is 0 Å². The Morgan fingerprint density at radius 1 is 1.05 bits per heavy atom. The first-order valence-corrected chi connectivity index (χ1v) is 6.50. The number of pyridine rings is 1. The summed E-state index contributed by atoms with van der Waals surface area (Å²) >= 11 is 5.89. The molecule has 1 aromatic carbocycles. The van der Waals surface area contributed by atoms with E-state index in [9.17, 15) is 4.79 Å². The smallest absolute Gasteiger partial charge is 0.258 e. The van der Waals surface area contributed by atoms with E-state index in [1.165, 1.54) is 11.0 Å². The molecule has 0 bridgehead atoms. The lowest BCUT2D eigenvalue weighted by Crippen LogP contribution is -2.13. The summed E-state index contributed by atoms with van der Waals surface area (Å²) < 4.78 is 0. The molecule has 2 aromatic heterocycles. The molecule has 0 spiro atoms. The Hall–Kier alpha value is -2.73. The van der Waals surface area contributed by atoms with E-state index >= 15 is 0 Å². The van der Waals surface area contributed by atoms with Crippen LogP contribution in [0.3, 0.4) is 0 Å². The highest BCUT2D eigenvalue weighted by atomic mass is 35.5. The van der Waals surface area contributed by atoms with Gasteiger partial charge in [0.15, 0.2) is 0 Å². The van der Waals surface area contributed by atoms with E-state index in [1.54, 1.807) is 48.8 Å². The first kappa shape index (κ1) is 13.3. The van der Waals surface area contributed by atoms with Crippen LogP contribution in [-0.4, -0.2) is 25.9 Å². The van der Waals surface area contributed by atoms with Crippen LogP contribution in [0.25, 0.3) is 5.69 Å². The molecule has 0 aliphatic carbocycles. The van der Waals surface area contributed by atoms with Gasteiger partial charge in [-0.3, -0.25) is 4.79 Å². The maximum Gasteiger partial charge on any atom is 0.258 e. The zero-order valence-corrected chi connectivity index (χ0v) is 11.5. The van der Waals surface area contributed by atoms with Crippen molar-refractivity contribution >= 4 is 23.2 Å². The predicted octanol–water partition coefficient (Wildman–Crippen LogP) is 2.57. The summed E-state index contributed by atoms with van der Waals surface area (Å²) in [7, 11) is 0. The van der Waals surface area contributed by atoms with E-state index in [4.69, 9.17) is 11.6 Å². The Morgan fingerprint density at radius 2 is 1.76 bits per heavy atom. The molecule has 6 nitrogen and oxygen atoms in total. The van der Waals surface area contributed by atoms with Crippen molar-refractivity contribution in [2.75, 3.05) is 5.32 Å². The Morgan fingerprint density at radius 3 is 2.43 bits per heavy atom. The minimum absolute atomic E-state index is 0.173. The summed E-state index contributed by atoms with van der Waals surface area (Å²) in [6.07, 6.45) is 4.73. The van der Waals surface area contributed by atoms with Crippen molar-refractivity contribution in [1.29, 1.82) is 0 Å². The number of aromatic nitrogens is 4. The van der Waals surface area contributed by atoms with Crippen molar-refractivity contribution in [1.82, 2.24) is 20.0 Å². The average molecular weight is 300 g/mol. The number of rotatable bonds is 3. The van der Waals surface area contributed by atoms with E-state index in [0.717, 1.165) is 5.69 Å². The maximum absolute atomic E-state index is 12.1. The molecule has 0 radical (unpaired) electrons. The van der Waals surface area contributed by atoms with Gasteiger partial charge in [0.2, 0.25) is 0 Å². The van der Waals surface area contributed by atoms with E-state index in [-0.39, 0.29) is 11.1 Å². The van der Waals surface area contributed by atoms with Crippen molar-refractivity contribution < 1.29 is 4.79 Å². The van der Waals surface area contributed by atoms with Gasteiger partial charge in [-0.2, -0.15) is 15.0 Å². The minimum Gasteiger partial charge on any atom is -0.322 e. The molecule has 1 N–H and O–H groups in total. The molecule has 3 rings (SSSR count). The summed E-state index contributed by atoms with van der Waals surface area (Å²) in [6, 6.07) is 10.4. The summed E-state index contributed by atoms with van der Waals surface area (Å²) in [5, 5.41) is 11.0. The fourth-order valence-corrected chi connectivity index (χ4v) is 1.99. The van der Waals surface area contributed by atoms with Crippen molar-refractivity contribution in [3.63, 3.8) is 0 Å². The largest absolute Gasteiger partial charge is 0.322 e. The molecule has 1 amide bonds. The standard InChI is InChI=1S/C14H10ClN5O/c15-13-12(2-1-7-16-13)14(21)19-10-3-5-11(6-4-10)20-17-8-9-18-20/h1-9H,(H,19,21). The van der Waals surface area contributed by atoms with Gasteiger partial charge in [0, 0.05) is 11.9 Å². The van der Waals surface area contributed by atoms with Crippen LogP contribution in [0.5, 0.6) is 0 Å². The number of carbonyl (C=O) groups is 1. The molecule has 7 heteroatoms. The molecule has 21 heavy (non-hydrogen) atoms. The van der Waals surface area contributed by atoms with Gasteiger partial charge in [-0.15, -0.1) is 0 Å². The van der Waals surface area contributed by atoms with Crippen LogP contribution in [0.15, 0.2) is 55.0 Å². The normalized spacial score (nSPS) is 10.3. The molecule has 3 aromatic rings.